The van der Waals surface area contributed by atoms with Crippen molar-refractivity contribution < 1.29 is 9.47 Å². The molecule has 2 heteroatoms. The third-order valence-electron chi connectivity index (χ3n) is 3.80. The number of rotatable bonds is 15. The summed E-state index contributed by atoms with van der Waals surface area (Å²) in [5.74, 6) is 0.607. The molecule has 0 saturated heterocycles. The van der Waals surface area contributed by atoms with Gasteiger partial charge in [-0.15, -0.1) is 0 Å². The highest BCUT2D eigenvalue weighted by molar-refractivity contribution is 4.64. The van der Waals surface area contributed by atoms with Crippen LogP contribution in [0.2, 0.25) is 0 Å². The Morgan fingerprint density at radius 2 is 1.45 bits per heavy atom. The molecule has 0 radical (unpaired) electrons. The van der Waals surface area contributed by atoms with Crippen LogP contribution in [-0.2, 0) is 9.47 Å². The molecule has 0 aliphatic heterocycles. The van der Waals surface area contributed by atoms with Gasteiger partial charge in [0.05, 0.1) is 6.10 Å². The maximum atomic E-state index is 5.88. The molecule has 0 heterocycles. The highest BCUT2D eigenvalue weighted by atomic mass is 16.5. The summed E-state index contributed by atoms with van der Waals surface area (Å²) in [4.78, 5) is 0. The first kappa shape index (κ1) is 19.9. The summed E-state index contributed by atoms with van der Waals surface area (Å²) in [6.07, 6.45) is 12.4. The molecule has 0 spiro atoms. The van der Waals surface area contributed by atoms with Crippen LogP contribution in [-0.4, -0.2) is 25.9 Å². The zero-order valence-corrected chi connectivity index (χ0v) is 14.5. The monoisotopic (exact) mass is 286 g/mol. The minimum Gasteiger partial charge on any atom is -0.381 e. The first-order valence-electron chi connectivity index (χ1n) is 8.93. The van der Waals surface area contributed by atoms with E-state index in [9.17, 15) is 0 Å². The van der Waals surface area contributed by atoms with Gasteiger partial charge in [0.2, 0.25) is 0 Å². The Morgan fingerprint density at radius 3 is 2.05 bits per heavy atom. The van der Waals surface area contributed by atoms with Gasteiger partial charge in [-0.25, -0.2) is 0 Å². The average molecular weight is 287 g/mol. The lowest BCUT2D eigenvalue weighted by Gasteiger charge is -2.21. The van der Waals surface area contributed by atoms with Crippen molar-refractivity contribution in [2.24, 2.45) is 5.92 Å². The van der Waals surface area contributed by atoms with Crippen molar-refractivity contribution in [2.75, 3.05) is 19.8 Å². The van der Waals surface area contributed by atoms with Crippen LogP contribution in [0.5, 0.6) is 0 Å². The van der Waals surface area contributed by atoms with Gasteiger partial charge in [0.15, 0.2) is 0 Å². The molecule has 0 N–H and O–H groups in total. The summed E-state index contributed by atoms with van der Waals surface area (Å²) in [7, 11) is 0. The third-order valence-corrected chi connectivity index (χ3v) is 3.80. The highest BCUT2D eigenvalue weighted by Crippen LogP contribution is 2.17. The van der Waals surface area contributed by atoms with E-state index in [1.165, 1.54) is 51.4 Å². The van der Waals surface area contributed by atoms with Crippen LogP contribution in [0.3, 0.4) is 0 Å². The first-order chi connectivity index (χ1) is 9.74. The molecule has 20 heavy (non-hydrogen) atoms. The van der Waals surface area contributed by atoms with Crippen LogP contribution in [0.25, 0.3) is 0 Å². The molecular weight excluding hydrogens is 248 g/mol. The lowest BCUT2D eigenvalue weighted by Crippen LogP contribution is -2.19. The largest absolute Gasteiger partial charge is 0.381 e. The normalized spacial score (nSPS) is 14.4. The van der Waals surface area contributed by atoms with Crippen molar-refractivity contribution in [2.45, 2.75) is 91.6 Å². The van der Waals surface area contributed by atoms with E-state index in [1.807, 2.05) is 0 Å². The van der Waals surface area contributed by atoms with Gasteiger partial charge in [0.25, 0.3) is 0 Å². The first-order valence-corrected chi connectivity index (χ1v) is 8.93. The molecule has 0 fully saturated rings. The van der Waals surface area contributed by atoms with Gasteiger partial charge in [-0.2, -0.15) is 0 Å². The van der Waals surface area contributed by atoms with Gasteiger partial charge in [-0.3, -0.25) is 0 Å². The second-order valence-electron chi connectivity index (χ2n) is 5.99. The Kier molecular flexibility index (Phi) is 15.3. The molecule has 0 rings (SSSR count). The second kappa shape index (κ2) is 15.3. The summed E-state index contributed by atoms with van der Waals surface area (Å²) >= 11 is 0. The predicted molar refractivity (Wildman–Crippen MR) is 88.3 cm³/mol. The lowest BCUT2D eigenvalue weighted by atomic mass is 9.99. The molecular formula is C18H38O2. The van der Waals surface area contributed by atoms with E-state index in [0.29, 0.717) is 12.0 Å². The van der Waals surface area contributed by atoms with E-state index in [2.05, 4.69) is 27.7 Å². The van der Waals surface area contributed by atoms with Gasteiger partial charge in [0, 0.05) is 19.8 Å². The van der Waals surface area contributed by atoms with Crippen molar-refractivity contribution in [1.82, 2.24) is 0 Å². The minimum absolute atomic E-state index is 0.436. The number of hydrogen-bond donors (Lipinski definition) is 0. The van der Waals surface area contributed by atoms with Crippen LogP contribution in [0.4, 0.5) is 0 Å². The van der Waals surface area contributed by atoms with E-state index < -0.39 is 0 Å². The number of hydrogen-bond acceptors (Lipinski definition) is 2. The lowest BCUT2D eigenvalue weighted by molar-refractivity contribution is 0.0230. The highest BCUT2D eigenvalue weighted by Gasteiger charge is 2.13. The zero-order chi connectivity index (χ0) is 15.1. The van der Waals surface area contributed by atoms with Gasteiger partial charge < -0.3 is 9.47 Å². The van der Waals surface area contributed by atoms with E-state index in [0.717, 1.165) is 26.2 Å². The Hall–Kier alpha value is -0.0800. The molecule has 0 bridgehead atoms. The maximum Gasteiger partial charge on any atom is 0.0578 e. The Bertz CT molecular complexity index is 182. The molecule has 0 aromatic heterocycles. The molecule has 0 aromatic rings. The molecule has 0 saturated carbocycles. The topological polar surface area (TPSA) is 18.5 Å². The molecule has 2 unspecified atom stereocenters. The van der Waals surface area contributed by atoms with Crippen molar-refractivity contribution in [3.63, 3.8) is 0 Å². The quantitative estimate of drug-likeness (QED) is 0.365. The predicted octanol–water partition coefficient (Wildman–Crippen LogP) is 5.59. The van der Waals surface area contributed by atoms with Gasteiger partial charge in [-0.05, 0) is 32.6 Å². The smallest absolute Gasteiger partial charge is 0.0578 e. The standard InChI is InChI=1S/C18H38O2/c1-5-8-9-10-11-12-13-14-18(20-7-3)15-17(4)16-19-6-2/h17-18H,5-16H2,1-4H3. The van der Waals surface area contributed by atoms with Gasteiger partial charge in [0.1, 0.15) is 0 Å². The number of unbranched alkanes of at least 4 members (excludes halogenated alkanes) is 6. The molecule has 2 atom stereocenters. The van der Waals surface area contributed by atoms with E-state index in [1.54, 1.807) is 0 Å². The molecule has 122 valence electrons. The zero-order valence-electron chi connectivity index (χ0n) is 14.5. The Balaban J connectivity index is 3.63. The van der Waals surface area contributed by atoms with Crippen molar-refractivity contribution in [3.8, 4) is 0 Å². The fraction of sp³-hybridized carbons (Fsp3) is 1.00. The Morgan fingerprint density at radius 1 is 0.800 bits per heavy atom. The SMILES string of the molecule is CCCCCCCCCC(CC(C)COCC)OCC. The van der Waals surface area contributed by atoms with E-state index in [-0.39, 0.29) is 0 Å². The van der Waals surface area contributed by atoms with E-state index >= 15 is 0 Å². The molecule has 2 nitrogen and oxygen atoms in total. The van der Waals surface area contributed by atoms with Crippen molar-refractivity contribution >= 4 is 0 Å². The van der Waals surface area contributed by atoms with Crippen molar-refractivity contribution in [3.05, 3.63) is 0 Å². The van der Waals surface area contributed by atoms with Crippen LogP contribution in [0.15, 0.2) is 0 Å². The maximum absolute atomic E-state index is 5.88. The second-order valence-corrected chi connectivity index (χ2v) is 5.99. The van der Waals surface area contributed by atoms with Gasteiger partial charge >= 0.3 is 0 Å². The van der Waals surface area contributed by atoms with Crippen LogP contribution >= 0.6 is 0 Å². The fourth-order valence-corrected chi connectivity index (χ4v) is 2.67. The number of ether oxygens (including phenoxy) is 2. The summed E-state index contributed by atoms with van der Waals surface area (Å²) in [6.45, 7) is 11.2. The molecule has 0 aliphatic carbocycles. The van der Waals surface area contributed by atoms with Crippen LogP contribution < -0.4 is 0 Å². The van der Waals surface area contributed by atoms with Crippen molar-refractivity contribution in [1.29, 1.82) is 0 Å². The molecule has 0 amide bonds. The van der Waals surface area contributed by atoms with Gasteiger partial charge in [-0.1, -0.05) is 58.8 Å². The summed E-state index contributed by atoms with van der Waals surface area (Å²) in [5, 5.41) is 0. The van der Waals surface area contributed by atoms with E-state index in [4.69, 9.17) is 9.47 Å². The summed E-state index contributed by atoms with van der Waals surface area (Å²) in [6, 6.07) is 0. The molecule has 0 aliphatic rings. The third kappa shape index (κ3) is 12.9. The summed E-state index contributed by atoms with van der Waals surface area (Å²) < 4.78 is 11.4. The van der Waals surface area contributed by atoms with Crippen LogP contribution in [0, 0.1) is 5.92 Å². The summed E-state index contributed by atoms with van der Waals surface area (Å²) in [5.41, 5.74) is 0. The Labute approximate surface area is 127 Å². The van der Waals surface area contributed by atoms with Crippen LogP contribution in [0.1, 0.15) is 85.5 Å². The fourth-order valence-electron chi connectivity index (χ4n) is 2.67. The minimum atomic E-state index is 0.436. The molecule has 0 aromatic carbocycles. The average Bonchev–Trinajstić information content (AvgIpc) is 2.44.